The molecule has 7 nitrogen and oxygen atoms in total. The number of aromatic nitrogens is 2. The van der Waals surface area contributed by atoms with Gasteiger partial charge in [-0.1, -0.05) is 0 Å². The molecule has 2 heterocycles. The first-order chi connectivity index (χ1) is 9.34. The van der Waals surface area contributed by atoms with Crippen LogP contribution in [0.1, 0.15) is 17.4 Å². The number of aryl methyl sites for hydroxylation is 1. The van der Waals surface area contributed by atoms with E-state index in [2.05, 4.69) is 5.10 Å². The highest BCUT2D eigenvalue weighted by Gasteiger charge is 2.36. The SMILES string of the molecule is CCn1cc(N)c(C(=O)N2CCSCC2S(C)(=O)=O)n1. The van der Waals surface area contributed by atoms with Gasteiger partial charge in [-0.2, -0.15) is 16.9 Å². The Balaban J connectivity index is 2.32. The fraction of sp³-hybridized carbons (Fsp3) is 0.636. The summed E-state index contributed by atoms with van der Waals surface area (Å²) < 4.78 is 25.2. The van der Waals surface area contributed by atoms with Crippen molar-refractivity contribution in [3.8, 4) is 0 Å². The molecular formula is C11H18N4O3S2. The molecule has 1 aromatic heterocycles. The molecule has 0 aromatic carbocycles. The molecule has 1 aliphatic heterocycles. The molecule has 2 rings (SSSR count). The third-order valence-electron chi connectivity index (χ3n) is 3.16. The maximum absolute atomic E-state index is 12.5. The highest BCUT2D eigenvalue weighted by molar-refractivity contribution is 8.00. The minimum Gasteiger partial charge on any atom is -0.396 e. The predicted octanol–water partition coefficient (Wildman–Crippen LogP) is 0.0449. The zero-order valence-corrected chi connectivity index (χ0v) is 13.1. The van der Waals surface area contributed by atoms with E-state index >= 15 is 0 Å². The van der Waals surface area contributed by atoms with Gasteiger partial charge in [0.15, 0.2) is 15.5 Å². The monoisotopic (exact) mass is 318 g/mol. The van der Waals surface area contributed by atoms with Crippen LogP contribution in [0.25, 0.3) is 0 Å². The van der Waals surface area contributed by atoms with Crippen molar-refractivity contribution >= 4 is 33.2 Å². The molecule has 2 N–H and O–H groups in total. The van der Waals surface area contributed by atoms with Crippen LogP contribution in [0.4, 0.5) is 5.69 Å². The van der Waals surface area contributed by atoms with Crippen molar-refractivity contribution in [2.24, 2.45) is 0 Å². The number of carbonyl (C=O) groups excluding carboxylic acids is 1. The van der Waals surface area contributed by atoms with Crippen LogP contribution in [-0.2, 0) is 16.4 Å². The summed E-state index contributed by atoms with van der Waals surface area (Å²) in [5.41, 5.74) is 6.21. The van der Waals surface area contributed by atoms with Crippen molar-refractivity contribution in [3.63, 3.8) is 0 Å². The average Bonchev–Trinajstić information content (AvgIpc) is 2.78. The Bertz CT molecular complexity index is 611. The molecule has 112 valence electrons. The van der Waals surface area contributed by atoms with Gasteiger partial charge in [-0.3, -0.25) is 9.48 Å². The number of nitrogens with two attached hydrogens (primary N) is 1. The Morgan fingerprint density at radius 1 is 1.60 bits per heavy atom. The van der Waals surface area contributed by atoms with Gasteiger partial charge in [0, 0.05) is 37.0 Å². The number of hydrogen-bond acceptors (Lipinski definition) is 6. The van der Waals surface area contributed by atoms with Crippen molar-refractivity contribution < 1.29 is 13.2 Å². The lowest BCUT2D eigenvalue weighted by molar-refractivity contribution is 0.0744. The second kappa shape index (κ2) is 5.65. The summed E-state index contributed by atoms with van der Waals surface area (Å²) in [6.45, 7) is 2.88. The molecule has 20 heavy (non-hydrogen) atoms. The van der Waals surface area contributed by atoms with Gasteiger partial charge in [-0.05, 0) is 6.92 Å². The van der Waals surface area contributed by atoms with E-state index in [1.54, 1.807) is 10.9 Å². The number of hydrogen-bond donors (Lipinski definition) is 1. The first-order valence-electron chi connectivity index (χ1n) is 6.25. The largest absolute Gasteiger partial charge is 0.396 e. The number of nitrogens with zero attached hydrogens (tertiary/aromatic N) is 3. The fourth-order valence-electron chi connectivity index (χ4n) is 2.07. The summed E-state index contributed by atoms with van der Waals surface area (Å²) in [5.74, 6) is 0.691. The van der Waals surface area contributed by atoms with Gasteiger partial charge >= 0.3 is 0 Å². The zero-order valence-electron chi connectivity index (χ0n) is 11.4. The van der Waals surface area contributed by atoms with Crippen molar-refractivity contribution in [2.45, 2.75) is 18.8 Å². The first kappa shape index (κ1) is 15.2. The van der Waals surface area contributed by atoms with Gasteiger partial charge in [0.05, 0.1) is 5.69 Å². The van der Waals surface area contributed by atoms with Crippen molar-refractivity contribution in [1.29, 1.82) is 0 Å². The van der Waals surface area contributed by atoms with Crippen LogP contribution >= 0.6 is 11.8 Å². The van der Waals surface area contributed by atoms with Crippen LogP contribution < -0.4 is 5.73 Å². The number of nitrogen functional groups attached to an aromatic ring is 1. The van der Waals surface area contributed by atoms with E-state index in [1.165, 1.54) is 16.7 Å². The predicted molar refractivity (Wildman–Crippen MR) is 79.3 cm³/mol. The van der Waals surface area contributed by atoms with Crippen LogP contribution in [0, 0.1) is 0 Å². The normalized spacial score (nSPS) is 20.1. The Hall–Kier alpha value is -1.22. The molecule has 0 radical (unpaired) electrons. The smallest absolute Gasteiger partial charge is 0.277 e. The lowest BCUT2D eigenvalue weighted by atomic mass is 10.3. The van der Waals surface area contributed by atoms with E-state index < -0.39 is 21.1 Å². The third-order valence-corrected chi connectivity index (χ3v) is 5.80. The molecule has 1 aromatic rings. The molecule has 1 saturated heterocycles. The van der Waals surface area contributed by atoms with Gasteiger partial charge < -0.3 is 10.6 Å². The minimum atomic E-state index is -3.33. The quantitative estimate of drug-likeness (QED) is 0.845. The molecular weight excluding hydrogens is 300 g/mol. The highest BCUT2D eigenvalue weighted by atomic mass is 32.2. The van der Waals surface area contributed by atoms with E-state index in [9.17, 15) is 13.2 Å². The molecule has 1 amide bonds. The third kappa shape index (κ3) is 2.93. The second-order valence-electron chi connectivity index (χ2n) is 4.65. The number of thioether (sulfide) groups is 1. The van der Waals surface area contributed by atoms with Crippen LogP contribution in [0.15, 0.2) is 6.20 Å². The summed E-state index contributed by atoms with van der Waals surface area (Å²) in [6, 6.07) is 0. The van der Waals surface area contributed by atoms with Gasteiger partial charge in [0.25, 0.3) is 5.91 Å². The maximum Gasteiger partial charge on any atom is 0.277 e. The molecule has 0 bridgehead atoms. The summed E-state index contributed by atoms with van der Waals surface area (Å²) >= 11 is 1.53. The number of carbonyl (C=O) groups is 1. The molecule has 1 aliphatic rings. The summed E-state index contributed by atoms with van der Waals surface area (Å²) in [5, 5.41) is 3.31. The van der Waals surface area contributed by atoms with Crippen LogP contribution in [0.2, 0.25) is 0 Å². The van der Waals surface area contributed by atoms with E-state index in [0.717, 1.165) is 6.26 Å². The highest BCUT2D eigenvalue weighted by Crippen LogP contribution is 2.23. The Kier molecular flexibility index (Phi) is 4.28. The van der Waals surface area contributed by atoms with Gasteiger partial charge in [-0.25, -0.2) is 8.42 Å². The fourth-order valence-corrected chi connectivity index (χ4v) is 4.88. The Morgan fingerprint density at radius 3 is 2.85 bits per heavy atom. The van der Waals surface area contributed by atoms with Crippen LogP contribution in [0.3, 0.4) is 0 Å². The standard InChI is InChI=1S/C11H18N4O3S2/c1-3-14-6-8(12)10(13-14)11(16)15-4-5-19-7-9(15)20(2,17)18/h6,9H,3-5,7,12H2,1-2H3. The van der Waals surface area contributed by atoms with Crippen molar-refractivity contribution in [1.82, 2.24) is 14.7 Å². The van der Waals surface area contributed by atoms with Crippen molar-refractivity contribution in [2.75, 3.05) is 30.0 Å². The summed E-state index contributed by atoms with van der Waals surface area (Å²) in [6.07, 6.45) is 2.74. The van der Waals surface area contributed by atoms with E-state index in [1.807, 2.05) is 6.92 Å². The molecule has 0 saturated carbocycles. The van der Waals surface area contributed by atoms with E-state index in [0.29, 0.717) is 24.6 Å². The Morgan fingerprint density at radius 2 is 2.30 bits per heavy atom. The molecule has 1 unspecified atom stereocenters. The van der Waals surface area contributed by atoms with E-state index in [-0.39, 0.29) is 11.4 Å². The molecule has 1 fully saturated rings. The van der Waals surface area contributed by atoms with Crippen LogP contribution in [-0.4, -0.2) is 58.7 Å². The summed E-state index contributed by atoms with van der Waals surface area (Å²) in [4.78, 5) is 13.9. The van der Waals surface area contributed by atoms with Crippen LogP contribution in [0.5, 0.6) is 0 Å². The van der Waals surface area contributed by atoms with Gasteiger partial charge in [0.1, 0.15) is 5.37 Å². The number of sulfone groups is 1. The molecule has 9 heteroatoms. The van der Waals surface area contributed by atoms with E-state index in [4.69, 9.17) is 5.73 Å². The zero-order chi connectivity index (χ0) is 14.9. The Labute approximate surface area is 122 Å². The van der Waals surface area contributed by atoms with Gasteiger partial charge in [0.2, 0.25) is 0 Å². The molecule has 0 aliphatic carbocycles. The second-order valence-corrected chi connectivity index (χ2v) is 8.00. The number of amides is 1. The lowest BCUT2D eigenvalue weighted by Gasteiger charge is -2.33. The topological polar surface area (TPSA) is 98.3 Å². The first-order valence-corrected chi connectivity index (χ1v) is 9.36. The summed E-state index contributed by atoms with van der Waals surface area (Å²) in [7, 11) is -3.33. The maximum atomic E-state index is 12.5. The number of anilines is 1. The minimum absolute atomic E-state index is 0.132. The lowest BCUT2D eigenvalue weighted by Crippen LogP contribution is -2.50. The molecule has 1 atom stereocenters. The van der Waals surface area contributed by atoms with Crippen molar-refractivity contribution in [3.05, 3.63) is 11.9 Å². The average molecular weight is 318 g/mol. The molecule has 0 spiro atoms. The van der Waals surface area contributed by atoms with Gasteiger partial charge in [-0.15, -0.1) is 0 Å². The number of rotatable bonds is 3.